The summed E-state index contributed by atoms with van der Waals surface area (Å²) >= 11 is 0. The molecule has 0 aliphatic rings. The van der Waals surface area contributed by atoms with Gasteiger partial charge in [-0.15, -0.1) is 0 Å². The molecule has 10 heteroatoms. The largest absolute Gasteiger partial charge is 0.446 e. The predicted octanol–water partition coefficient (Wildman–Crippen LogP) is -2.17. The highest BCUT2D eigenvalue weighted by molar-refractivity contribution is 7.81. The Bertz CT molecular complexity index is 553. The maximum absolute atomic E-state index is 10.9. The molecule has 5 N–H and O–H groups in total. The zero-order valence-electron chi connectivity index (χ0n) is 6.47. The highest BCUT2D eigenvalue weighted by atomic mass is 32.3. The van der Waals surface area contributed by atoms with E-state index >= 15 is 0 Å². The van der Waals surface area contributed by atoms with Crippen LogP contribution in [-0.2, 0) is 10.4 Å². The maximum Gasteiger partial charge on any atom is 0.446 e. The highest BCUT2D eigenvalue weighted by Gasteiger charge is 2.15. The third kappa shape index (κ3) is 2.34. The van der Waals surface area contributed by atoms with Crippen LogP contribution in [-0.4, -0.2) is 22.9 Å². The standard InChI is InChI=1S/C4H5N3O6S/c5-2-1(13-14(10,11)12)3(8)7-4(9)6-2/h(H,10,11,12)(H4,5,6,7,8,9). The molecular formula is C4H5N3O6S. The monoisotopic (exact) mass is 223 g/mol. The van der Waals surface area contributed by atoms with Crippen LogP contribution in [0.15, 0.2) is 9.59 Å². The van der Waals surface area contributed by atoms with Gasteiger partial charge in [0.05, 0.1) is 0 Å². The Morgan fingerprint density at radius 2 is 1.86 bits per heavy atom. The first-order valence-electron chi connectivity index (χ1n) is 3.08. The molecule has 0 bridgehead atoms. The quantitative estimate of drug-likeness (QED) is 0.415. The highest BCUT2D eigenvalue weighted by Crippen LogP contribution is 2.10. The van der Waals surface area contributed by atoms with Crippen molar-refractivity contribution in [3.8, 4) is 5.75 Å². The number of nitrogen functional groups attached to an aromatic ring is 1. The molecule has 0 saturated heterocycles. The van der Waals surface area contributed by atoms with Crippen LogP contribution >= 0.6 is 0 Å². The molecule has 1 aromatic heterocycles. The first kappa shape index (κ1) is 10.3. The zero-order chi connectivity index (χ0) is 10.9. The molecule has 0 atom stereocenters. The van der Waals surface area contributed by atoms with Gasteiger partial charge < -0.3 is 9.92 Å². The third-order valence-corrected chi connectivity index (χ3v) is 1.49. The summed E-state index contributed by atoms with van der Waals surface area (Å²) in [6.07, 6.45) is 0. The van der Waals surface area contributed by atoms with E-state index in [9.17, 15) is 18.0 Å². The Morgan fingerprint density at radius 3 is 2.29 bits per heavy atom. The van der Waals surface area contributed by atoms with Crippen molar-refractivity contribution in [3.05, 3.63) is 20.8 Å². The fraction of sp³-hybridized carbons (Fsp3) is 0. The van der Waals surface area contributed by atoms with Crippen LogP contribution in [0.25, 0.3) is 0 Å². The average molecular weight is 223 g/mol. The van der Waals surface area contributed by atoms with Gasteiger partial charge in [0.15, 0.2) is 5.82 Å². The van der Waals surface area contributed by atoms with Crippen molar-refractivity contribution in [2.75, 3.05) is 5.73 Å². The fourth-order valence-electron chi connectivity index (χ4n) is 0.681. The topological polar surface area (TPSA) is 155 Å². The zero-order valence-corrected chi connectivity index (χ0v) is 7.29. The molecule has 1 rings (SSSR count). The predicted molar refractivity (Wildman–Crippen MR) is 44.3 cm³/mol. The second-order valence-corrected chi connectivity index (χ2v) is 3.18. The van der Waals surface area contributed by atoms with E-state index in [0.29, 0.717) is 0 Å². The van der Waals surface area contributed by atoms with E-state index in [1.54, 1.807) is 4.98 Å². The van der Waals surface area contributed by atoms with Gasteiger partial charge in [0.25, 0.3) is 5.56 Å². The summed E-state index contributed by atoms with van der Waals surface area (Å²) in [6, 6.07) is 0. The van der Waals surface area contributed by atoms with Crippen LogP contribution in [0.1, 0.15) is 0 Å². The number of nitrogens with one attached hydrogen (secondary N) is 2. The fourth-order valence-corrected chi connectivity index (χ4v) is 1.06. The molecule has 78 valence electrons. The number of anilines is 1. The van der Waals surface area contributed by atoms with Gasteiger partial charge in [-0.05, 0) is 0 Å². The van der Waals surface area contributed by atoms with Crippen molar-refractivity contribution in [1.29, 1.82) is 0 Å². The third-order valence-electron chi connectivity index (χ3n) is 1.11. The van der Waals surface area contributed by atoms with E-state index in [1.807, 2.05) is 4.98 Å². The van der Waals surface area contributed by atoms with Crippen LogP contribution in [0, 0.1) is 0 Å². The van der Waals surface area contributed by atoms with Crippen molar-refractivity contribution in [1.82, 2.24) is 9.97 Å². The van der Waals surface area contributed by atoms with E-state index in [-0.39, 0.29) is 0 Å². The van der Waals surface area contributed by atoms with Gasteiger partial charge in [0, 0.05) is 0 Å². The Kier molecular flexibility index (Phi) is 2.32. The van der Waals surface area contributed by atoms with E-state index < -0.39 is 33.2 Å². The minimum Gasteiger partial charge on any atom is -0.382 e. The molecule has 0 aromatic carbocycles. The number of aromatic amines is 2. The van der Waals surface area contributed by atoms with Crippen LogP contribution in [0.4, 0.5) is 5.82 Å². The van der Waals surface area contributed by atoms with Crippen molar-refractivity contribution >= 4 is 16.2 Å². The number of nitrogens with two attached hydrogens (primary N) is 1. The molecular weight excluding hydrogens is 218 g/mol. The lowest BCUT2D eigenvalue weighted by molar-refractivity contribution is 0.384. The SMILES string of the molecule is Nc1[nH]c(=O)[nH]c(=O)c1OS(=O)(=O)O. The lowest BCUT2D eigenvalue weighted by Crippen LogP contribution is -2.26. The molecule has 1 aromatic rings. The minimum atomic E-state index is -4.86. The molecule has 0 saturated carbocycles. The first-order valence-corrected chi connectivity index (χ1v) is 4.45. The van der Waals surface area contributed by atoms with Crippen molar-refractivity contribution in [3.63, 3.8) is 0 Å². The van der Waals surface area contributed by atoms with Gasteiger partial charge in [-0.2, -0.15) is 8.42 Å². The van der Waals surface area contributed by atoms with Crippen LogP contribution in [0.3, 0.4) is 0 Å². The summed E-state index contributed by atoms with van der Waals surface area (Å²) < 4.78 is 32.5. The van der Waals surface area contributed by atoms with Crippen LogP contribution in [0.5, 0.6) is 5.75 Å². The number of aromatic nitrogens is 2. The molecule has 0 spiro atoms. The second-order valence-electron chi connectivity index (χ2n) is 2.16. The van der Waals surface area contributed by atoms with Gasteiger partial charge in [0.2, 0.25) is 5.75 Å². The van der Waals surface area contributed by atoms with Gasteiger partial charge in [-0.25, -0.2) is 4.79 Å². The Balaban J connectivity index is 3.37. The summed E-state index contributed by atoms with van der Waals surface area (Å²) in [5.41, 5.74) is 2.97. The lowest BCUT2D eigenvalue weighted by atomic mass is 10.5. The number of H-pyrrole nitrogens is 2. The first-order chi connectivity index (χ1) is 6.29. The average Bonchev–Trinajstić information content (AvgIpc) is 1.95. The summed E-state index contributed by atoms with van der Waals surface area (Å²) in [7, 11) is -4.86. The number of rotatable bonds is 2. The van der Waals surface area contributed by atoms with Gasteiger partial charge in [0.1, 0.15) is 0 Å². The molecule has 0 radical (unpaired) electrons. The molecule has 9 nitrogen and oxygen atoms in total. The number of hydrogen-bond donors (Lipinski definition) is 4. The second kappa shape index (κ2) is 3.16. The smallest absolute Gasteiger partial charge is 0.382 e. The Morgan fingerprint density at radius 1 is 1.29 bits per heavy atom. The van der Waals surface area contributed by atoms with Crippen molar-refractivity contribution in [2.45, 2.75) is 0 Å². The molecule has 0 unspecified atom stereocenters. The summed E-state index contributed by atoms with van der Waals surface area (Å²) in [4.78, 5) is 25.0. The molecule has 0 amide bonds. The minimum absolute atomic E-state index is 0.601. The van der Waals surface area contributed by atoms with E-state index in [1.165, 1.54) is 0 Å². The molecule has 0 aliphatic heterocycles. The Labute approximate surface area is 76.5 Å². The normalized spacial score (nSPS) is 11.2. The molecule has 14 heavy (non-hydrogen) atoms. The Hall–Kier alpha value is -1.81. The van der Waals surface area contributed by atoms with Gasteiger partial charge in [-0.3, -0.25) is 19.3 Å². The maximum atomic E-state index is 10.9. The van der Waals surface area contributed by atoms with E-state index in [4.69, 9.17) is 10.3 Å². The van der Waals surface area contributed by atoms with Crippen molar-refractivity contribution in [2.24, 2.45) is 0 Å². The lowest BCUT2D eigenvalue weighted by Gasteiger charge is -2.01. The van der Waals surface area contributed by atoms with Gasteiger partial charge in [-0.1, -0.05) is 0 Å². The number of hydrogen-bond acceptors (Lipinski definition) is 6. The molecule has 0 aliphatic carbocycles. The summed E-state index contributed by atoms with van der Waals surface area (Å²) in [6.45, 7) is 0. The van der Waals surface area contributed by atoms with Crippen molar-refractivity contribution < 1.29 is 17.2 Å². The molecule has 0 fully saturated rings. The van der Waals surface area contributed by atoms with Gasteiger partial charge >= 0.3 is 16.1 Å². The summed E-state index contributed by atoms with van der Waals surface area (Å²) in [5.74, 6) is -1.50. The van der Waals surface area contributed by atoms with Crippen LogP contribution in [0.2, 0.25) is 0 Å². The summed E-state index contributed by atoms with van der Waals surface area (Å²) in [5, 5.41) is 0. The molecule has 1 heterocycles. The van der Waals surface area contributed by atoms with Crippen LogP contribution < -0.4 is 21.2 Å². The van der Waals surface area contributed by atoms with E-state index in [2.05, 4.69) is 4.18 Å². The van der Waals surface area contributed by atoms with E-state index in [0.717, 1.165) is 0 Å².